The second kappa shape index (κ2) is 4.86. The molecule has 0 aromatic heterocycles. The van der Waals surface area contributed by atoms with Gasteiger partial charge in [0.15, 0.2) is 11.6 Å². The molecule has 0 radical (unpaired) electrons. The topological polar surface area (TPSA) is 33.0 Å². The Morgan fingerprint density at radius 1 is 1.06 bits per heavy atom. The van der Waals surface area contributed by atoms with Crippen LogP contribution in [0.2, 0.25) is 5.02 Å². The first-order valence-electron chi connectivity index (χ1n) is 4.83. The molecule has 0 atom stereocenters. The number of hydrogen-bond acceptors (Lipinski definition) is 2. The highest BCUT2D eigenvalue weighted by Gasteiger charge is 2.10. The van der Waals surface area contributed by atoms with Gasteiger partial charge in [-0.25, -0.2) is 4.39 Å². The van der Waals surface area contributed by atoms with Crippen LogP contribution in [0.3, 0.4) is 0 Å². The van der Waals surface area contributed by atoms with Crippen molar-refractivity contribution < 1.29 is 9.13 Å². The summed E-state index contributed by atoms with van der Waals surface area (Å²) in [4.78, 5) is 0. The summed E-state index contributed by atoms with van der Waals surface area (Å²) in [5, 5.41) is 9.22. The molecular formula is C13H7ClFNO. The van der Waals surface area contributed by atoms with Crippen molar-refractivity contribution in [2.75, 3.05) is 0 Å². The fourth-order valence-corrected chi connectivity index (χ4v) is 1.55. The molecule has 0 heterocycles. The van der Waals surface area contributed by atoms with E-state index in [-0.39, 0.29) is 22.1 Å². The van der Waals surface area contributed by atoms with Gasteiger partial charge >= 0.3 is 0 Å². The number of nitrogens with zero attached hydrogens (tertiary/aromatic N) is 1. The second-order valence-corrected chi connectivity index (χ2v) is 3.66. The molecule has 0 unspecified atom stereocenters. The van der Waals surface area contributed by atoms with E-state index in [1.807, 2.05) is 6.07 Å². The van der Waals surface area contributed by atoms with Crippen LogP contribution in [0, 0.1) is 17.1 Å². The van der Waals surface area contributed by atoms with Crippen molar-refractivity contribution in [1.82, 2.24) is 0 Å². The van der Waals surface area contributed by atoms with Gasteiger partial charge in [-0.3, -0.25) is 0 Å². The SMILES string of the molecule is N#Cc1c(Cl)cccc1Oc1ccccc1F. The predicted molar refractivity (Wildman–Crippen MR) is 62.6 cm³/mol. The highest BCUT2D eigenvalue weighted by Crippen LogP contribution is 2.30. The number of rotatable bonds is 2. The van der Waals surface area contributed by atoms with Crippen LogP contribution in [0.25, 0.3) is 0 Å². The van der Waals surface area contributed by atoms with E-state index in [1.165, 1.54) is 12.1 Å². The van der Waals surface area contributed by atoms with E-state index < -0.39 is 5.82 Å². The standard InChI is InChI=1S/C13H7ClFNO/c14-10-4-3-7-12(9(10)8-16)17-13-6-2-1-5-11(13)15/h1-7H. The van der Waals surface area contributed by atoms with Gasteiger partial charge in [0.25, 0.3) is 0 Å². The summed E-state index contributed by atoms with van der Waals surface area (Å²) >= 11 is 5.84. The predicted octanol–water partition coefficient (Wildman–Crippen LogP) is 4.14. The Morgan fingerprint density at radius 3 is 2.47 bits per heavy atom. The largest absolute Gasteiger partial charge is 0.453 e. The van der Waals surface area contributed by atoms with Gasteiger partial charge in [-0.2, -0.15) is 5.26 Å². The molecule has 84 valence electrons. The van der Waals surface area contributed by atoms with Gasteiger partial charge < -0.3 is 4.74 Å². The third-order valence-corrected chi connectivity index (χ3v) is 2.46. The number of benzene rings is 2. The second-order valence-electron chi connectivity index (χ2n) is 3.26. The summed E-state index contributed by atoms with van der Waals surface area (Å²) in [6.45, 7) is 0. The van der Waals surface area contributed by atoms with E-state index >= 15 is 0 Å². The molecule has 0 aliphatic rings. The molecule has 2 aromatic rings. The van der Waals surface area contributed by atoms with Crippen LogP contribution >= 0.6 is 11.6 Å². The molecule has 2 nitrogen and oxygen atoms in total. The zero-order valence-electron chi connectivity index (χ0n) is 8.65. The lowest BCUT2D eigenvalue weighted by molar-refractivity contribution is 0.441. The third-order valence-electron chi connectivity index (χ3n) is 2.14. The van der Waals surface area contributed by atoms with E-state index in [2.05, 4.69) is 0 Å². The van der Waals surface area contributed by atoms with Gasteiger partial charge in [0.05, 0.1) is 5.02 Å². The smallest absolute Gasteiger partial charge is 0.165 e. The first-order valence-corrected chi connectivity index (χ1v) is 5.21. The van der Waals surface area contributed by atoms with Gasteiger partial charge in [-0.05, 0) is 24.3 Å². The lowest BCUT2D eigenvalue weighted by Crippen LogP contribution is -1.91. The summed E-state index contributed by atoms with van der Waals surface area (Å²) in [6, 6.07) is 12.7. The highest BCUT2D eigenvalue weighted by molar-refractivity contribution is 6.31. The lowest BCUT2D eigenvalue weighted by Gasteiger charge is -2.08. The van der Waals surface area contributed by atoms with Crippen molar-refractivity contribution in [3.05, 3.63) is 58.9 Å². The van der Waals surface area contributed by atoms with Crippen LogP contribution in [-0.4, -0.2) is 0 Å². The van der Waals surface area contributed by atoms with E-state index in [4.69, 9.17) is 21.6 Å². The molecule has 0 bridgehead atoms. The van der Waals surface area contributed by atoms with Gasteiger partial charge in [0.2, 0.25) is 0 Å². The Labute approximate surface area is 103 Å². The van der Waals surface area contributed by atoms with Gasteiger partial charge in [0, 0.05) is 0 Å². The average molecular weight is 248 g/mol. The van der Waals surface area contributed by atoms with Crippen LogP contribution < -0.4 is 4.74 Å². The van der Waals surface area contributed by atoms with Crippen molar-refractivity contribution in [1.29, 1.82) is 5.26 Å². The minimum Gasteiger partial charge on any atom is -0.453 e. The molecule has 0 saturated carbocycles. The first-order chi connectivity index (χ1) is 8.22. The zero-order chi connectivity index (χ0) is 12.3. The van der Waals surface area contributed by atoms with E-state index in [9.17, 15) is 4.39 Å². The molecule has 0 aliphatic carbocycles. The molecule has 0 spiro atoms. The van der Waals surface area contributed by atoms with Crippen LogP contribution in [0.5, 0.6) is 11.5 Å². The van der Waals surface area contributed by atoms with Crippen LogP contribution in [0.15, 0.2) is 42.5 Å². The maximum Gasteiger partial charge on any atom is 0.165 e. The monoisotopic (exact) mass is 247 g/mol. The first kappa shape index (κ1) is 11.4. The summed E-state index contributed by atoms with van der Waals surface area (Å²) in [6.07, 6.45) is 0. The molecule has 0 aliphatic heterocycles. The number of ether oxygens (including phenoxy) is 1. The molecule has 0 fully saturated rings. The molecule has 0 amide bonds. The summed E-state index contributed by atoms with van der Waals surface area (Å²) in [5.74, 6) is -0.187. The molecule has 4 heteroatoms. The van der Waals surface area contributed by atoms with Crippen molar-refractivity contribution in [2.45, 2.75) is 0 Å². The zero-order valence-corrected chi connectivity index (χ0v) is 9.41. The maximum absolute atomic E-state index is 13.4. The minimum atomic E-state index is -0.489. The van der Waals surface area contributed by atoms with Gasteiger partial charge in [-0.15, -0.1) is 0 Å². The van der Waals surface area contributed by atoms with Crippen LogP contribution in [0.1, 0.15) is 5.56 Å². The van der Waals surface area contributed by atoms with E-state index in [1.54, 1.807) is 30.3 Å². The maximum atomic E-state index is 13.4. The van der Waals surface area contributed by atoms with Gasteiger partial charge in [-0.1, -0.05) is 29.8 Å². The summed E-state index contributed by atoms with van der Waals surface area (Å²) in [5.41, 5.74) is 0.192. The van der Waals surface area contributed by atoms with Crippen molar-refractivity contribution in [3.8, 4) is 17.6 Å². The Hall–Kier alpha value is -2.05. The van der Waals surface area contributed by atoms with Crippen molar-refractivity contribution >= 4 is 11.6 Å². The third kappa shape index (κ3) is 2.38. The minimum absolute atomic E-state index is 0.0614. The van der Waals surface area contributed by atoms with Crippen LogP contribution in [-0.2, 0) is 0 Å². The Morgan fingerprint density at radius 2 is 1.76 bits per heavy atom. The molecule has 2 aromatic carbocycles. The van der Waals surface area contributed by atoms with Crippen molar-refractivity contribution in [2.24, 2.45) is 0 Å². The van der Waals surface area contributed by atoms with Crippen molar-refractivity contribution in [3.63, 3.8) is 0 Å². The number of halogens is 2. The molecule has 2 rings (SSSR count). The normalized spacial score (nSPS) is 9.71. The molecular weight excluding hydrogens is 241 g/mol. The summed E-state index contributed by atoms with van der Waals surface area (Å²) in [7, 11) is 0. The van der Waals surface area contributed by atoms with Gasteiger partial charge in [0.1, 0.15) is 17.4 Å². The van der Waals surface area contributed by atoms with Crippen LogP contribution in [0.4, 0.5) is 4.39 Å². The Balaban J connectivity index is 2.41. The number of nitriles is 1. The quantitative estimate of drug-likeness (QED) is 0.799. The molecule has 0 N–H and O–H groups in total. The fourth-order valence-electron chi connectivity index (χ4n) is 1.34. The van der Waals surface area contributed by atoms with E-state index in [0.717, 1.165) is 0 Å². The number of para-hydroxylation sites is 1. The molecule has 17 heavy (non-hydrogen) atoms. The van der Waals surface area contributed by atoms with E-state index in [0.29, 0.717) is 0 Å². The molecule has 0 saturated heterocycles. The fraction of sp³-hybridized carbons (Fsp3) is 0. The summed E-state index contributed by atoms with van der Waals surface area (Å²) < 4.78 is 18.7. The lowest BCUT2D eigenvalue weighted by atomic mass is 10.2. The number of hydrogen-bond donors (Lipinski definition) is 0. The Bertz CT molecular complexity index is 592. The highest BCUT2D eigenvalue weighted by atomic mass is 35.5. The average Bonchev–Trinajstić information content (AvgIpc) is 2.32. The Kier molecular flexibility index (Phi) is 3.27.